The summed E-state index contributed by atoms with van der Waals surface area (Å²) >= 11 is 0. The van der Waals surface area contributed by atoms with E-state index >= 15 is 0 Å². The minimum absolute atomic E-state index is 0.166. The fourth-order valence-corrected chi connectivity index (χ4v) is 5.68. The Morgan fingerprint density at radius 3 is 1.77 bits per heavy atom. The van der Waals surface area contributed by atoms with Crippen molar-refractivity contribution in [2.75, 3.05) is 26.4 Å². The highest BCUT2D eigenvalue weighted by molar-refractivity contribution is 7.47. The van der Waals surface area contributed by atoms with Gasteiger partial charge in [0.05, 0.1) is 19.8 Å². The lowest BCUT2D eigenvalue weighted by molar-refractivity contribution is -0.157. The zero-order chi connectivity index (χ0) is 39.1. The highest BCUT2D eigenvalue weighted by Gasteiger charge is 2.26. The Morgan fingerprint density at radius 1 is 0.642 bits per heavy atom. The largest absolute Gasteiger partial charge is 0.472 e. The molecule has 0 amide bonds. The summed E-state index contributed by atoms with van der Waals surface area (Å²) in [5, 5.41) is 18.3. The molecule has 304 valence electrons. The average Bonchev–Trinajstić information content (AvgIpc) is 3.14. The minimum Gasteiger partial charge on any atom is -0.462 e. The molecule has 53 heavy (non-hydrogen) atoms. The number of hydrogen-bond donors (Lipinski definition) is 3. The van der Waals surface area contributed by atoms with Crippen molar-refractivity contribution in [3.05, 3.63) is 72.9 Å². The Morgan fingerprint density at radius 2 is 1.17 bits per heavy atom. The predicted molar refractivity (Wildman–Crippen MR) is 214 cm³/mol. The second-order valence-electron chi connectivity index (χ2n) is 13.0. The highest BCUT2D eigenvalue weighted by Crippen LogP contribution is 2.43. The fraction of sp³-hybridized carbons (Fsp3) is 0.667. The first-order valence-electron chi connectivity index (χ1n) is 19.9. The molecule has 0 heterocycles. The zero-order valence-electron chi connectivity index (χ0n) is 32.7. The third-order valence-electron chi connectivity index (χ3n) is 7.95. The Hall–Kier alpha value is -2.59. The molecule has 0 bridgehead atoms. The van der Waals surface area contributed by atoms with Crippen LogP contribution < -0.4 is 0 Å². The Balaban J connectivity index is 4.54. The van der Waals surface area contributed by atoms with Gasteiger partial charge in [-0.2, -0.15) is 0 Å². The number of phosphoric acid groups is 1. The number of phosphoric ester groups is 1. The summed E-state index contributed by atoms with van der Waals surface area (Å²) in [6.07, 6.45) is 42.2. The molecule has 0 spiro atoms. The van der Waals surface area contributed by atoms with E-state index in [1.807, 2.05) is 6.08 Å². The number of carbonyl (C=O) groups is 2. The number of unbranched alkanes of at least 4 members (excludes halogenated alkanes) is 13. The number of rotatable bonds is 36. The monoisotopic (exact) mass is 766 g/mol. The van der Waals surface area contributed by atoms with Gasteiger partial charge in [0.15, 0.2) is 6.10 Å². The van der Waals surface area contributed by atoms with Crippen molar-refractivity contribution in [3.63, 3.8) is 0 Å². The number of carbonyl (C=O) groups excluding carboxylic acids is 2. The van der Waals surface area contributed by atoms with Gasteiger partial charge in [-0.15, -0.1) is 0 Å². The molecule has 11 heteroatoms. The van der Waals surface area contributed by atoms with E-state index in [9.17, 15) is 24.2 Å². The van der Waals surface area contributed by atoms with Gasteiger partial charge in [0, 0.05) is 12.5 Å². The van der Waals surface area contributed by atoms with Crippen molar-refractivity contribution in [1.82, 2.24) is 0 Å². The molecule has 0 radical (unpaired) electrons. The summed E-state index contributed by atoms with van der Waals surface area (Å²) in [6, 6.07) is 0. The van der Waals surface area contributed by atoms with Gasteiger partial charge in [-0.1, -0.05) is 145 Å². The topological polar surface area (TPSA) is 149 Å². The minimum atomic E-state index is -4.65. The van der Waals surface area contributed by atoms with Gasteiger partial charge in [-0.25, -0.2) is 9.36 Å². The van der Waals surface area contributed by atoms with Crippen molar-refractivity contribution in [2.45, 2.75) is 154 Å². The maximum Gasteiger partial charge on any atom is 0.472 e. The molecule has 3 N–H and O–H groups in total. The second kappa shape index (κ2) is 37.7. The van der Waals surface area contributed by atoms with Gasteiger partial charge in [0.2, 0.25) is 0 Å². The van der Waals surface area contributed by atoms with Gasteiger partial charge in [-0.05, 0) is 57.8 Å². The number of allylic oxidation sites excluding steroid dienone is 11. The molecule has 0 fully saturated rings. The van der Waals surface area contributed by atoms with Gasteiger partial charge in [-0.3, -0.25) is 13.8 Å². The molecule has 0 aliphatic heterocycles. The van der Waals surface area contributed by atoms with Crippen LogP contribution in [0.4, 0.5) is 0 Å². The standard InChI is InChI=1S/C42H71O10P/c1-3-5-7-9-11-13-15-17-19-21-23-25-27-29-31-33-41(45)49-37-40(38-51-53(47,48)50-36-39(44)35-43)52-42(46)34-32-30-28-26-24-22-20-18-16-14-12-10-8-6-4-2/h5,7,11,13,17,19,23,25,28,30,32,34,39-40,43-44H,3-4,6,8-10,12,14-16,18,20-22,24,26-27,29,31,33,35-38H2,1-2H3,(H,47,48)/b7-5+,13-11+,19-17+,25-23+,30-28+,34-32+/t39-,40+/m0/s1. The summed E-state index contributed by atoms with van der Waals surface area (Å²) in [5.74, 6) is -1.23. The van der Waals surface area contributed by atoms with Crippen LogP contribution in [0, 0.1) is 0 Å². The van der Waals surface area contributed by atoms with E-state index in [0.717, 1.165) is 51.4 Å². The first-order valence-corrected chi connectivity index (χ1v) is 21.4. The molecule has 0 aliphatic rings. The number of ether oxygens (including phenoxy) is 2. The molecule has 0 rings (SSSR count). The van der Waals surface area contributed by atoms with Crippen molar-refractivity contribution in [1.29, 1.82) is 0 Å². The normalized spacial score (nSPS) is 14.7. The van der Waals surface area contributed by atoms with Crippen LogP contribution in [0.3, 0.4) is 0 Å². The van der Waals surface area contributed by atoms with E-state index in [4.69, 9.17) is 19.1 Å². The molecular weight excluding hydrogens is 695 g/mol. The molecule has 0 aliphatic carbocycles. The zero-order valence-corrected chi connectivity index (χ0v) is 33.6. The van der Waals surface area contributed by atoms with Gasteiger partial charge >= 0.3 is 19.8 Å². The van der Waals surface area contributed by atoms with Crippen molar-refractivity contribution in [2.24, 2.45) is 0 Å². The number of hydrogen-bond acceptors (Lipinski definition) is 9. The van der Waals surface area contributed by atoms with Gasteiger partial charge in [0.1, 0.15) is 12.7 Å². The van der Waals surface area contributed by atoms with E-state index in [2.05, 4.69) is 67.0 Å². The molecule has 0 aromatic carbocycles. The molecule has 1 unspecified atom stereocenters. The van der Waals surface area contributed by atoms with Crippen LogP contribution in [0.5, 0.6) is 0 Å². The third kappa shape index (κ3) is 37.5. The summed E-state index contributed by atoms with van der Waals surface area (Å²) in [5.41, 5.74) is 0. The molecular formula is C42H71O10P. The van der Waals surface area contributed by atoms with Crippen LogP contribution >= 0.6 is 7.82 Å². The number of esters is 2. The molecule has 3 atom stereocenters. The fourth-order valence-electron chi connectivity index (χ4n) is 4.89. The van der Waals surface area contributed by atoms with Crippen LogP contribution in [0.15, 0.2) is 72.9 Å². The SMILES string of the molecule is CC/C=C/C/C=C/C/C=C/C/C=C/CCCCC(=O)OC[C@H](COP(=O)(O)OC[C@@H](O)CO)OC(=O)/C=C/C=C/CCCCCCCCCCCCC. The quantitative estimate of drug-likeness (QED) is 0.0140. The summed E-state index contributed by atoms with van der Waals surface area (Å²) in [4.78, 5) is 34.7. The summed E-state index contributed by atoms with van der Waals surface area (Å²) in [7, 11) is -4.65. The number of aliphatic hydroxyl groups is 2. The van der Waals surface area contributed by atoms with E-state index in [0.29, 0.717) is 6.42 Å². The highest BCUT2D eigenvalue weighted by atomic mass is 31.2. The average molecular weight is 767 g/mol. The van der Waals surface area contributed by atoms with Crippen LogP contribution in [0.2, 0.25) is 0 Å². The third-order valence-corrected chi connectivity index (χ3v) is 8.90. The van der Waals surface area contributed by atoms with Crippen LogP contribution in [0.1, 0.15) is 142 Å². The molecule has 0 saturated heterocycles. The van der Waals surface area contributed by atoms with E-state index < -0.39 is 51.8 Å². The van der Waals surface area contributed by atoms with Gasteiger partial charge < -0.3 is 24.6 Å². The maximum atomic E-state index is 12.5. The molecule has 10 nitrogen and oxygen atoms in total. The van der Waals surface area contributed by atoms with Crippen LogP contribution in [0.25, 0.3) is 0 Å². The van der Waals surface area contributed by atoms with Gasteiger partial charge in [0.25, 0.3) is 0 Å². The number of aliphatic hydroxyl groups excluding tert-OH is 2. The van der Waals surface area contributed by atoms with E-state index in [1.165, 1.54) is 70.3 Å². The van der Waals surface area contributed by atoms with E-state index in [1.54, 1.807) is 12.2 Å². The first kappa shape index (κ1) is 50.4. The second-order valence-corrected chi connectivity index (χ2v) is 14.5. The van der Waals surface area contributed by atoms with Crippen molar-refractivity contribution >= 4 is 19.8 Å². The van der Waals surface area contributed by atoms with Crippen LogP contribution in [-0.2, 0) is 32.7 Å². The smallest absolute Gasteiger partial charge is 0.462 e. The van der Waals surface area contributed by atoms with E-state index in [-0.39, 0.29) is 13.0 Å². The molecule has 0 aromatic rings. The first-order chi connectivity index (χ1) is 25.7. The molecule has 0 saturated carbocycles. The lowest BCUT2D eigenvalue weighted by Crippen LogP contribution is -2.29. The lowest BCUT2D eigenvalue weighted by atomic mass is 10.1. The maximum absolute atomic E-state index is 12.5. The Bertz CT molecular complexity index is 1110. The predicted octanol–water partition coefficient (Wildman–Crippen LogP) is 10.1. The Labute approximate surface area is 320 Å². The Kier molecular flexibility index (Phi) is 35.9. The van der Waals surface area contributed by atoms with Crippen molar-refractivity contribution < 1.29 is 47.8 Å². The van der Waals surface area contributed by atoms with Crippen LogP contribution in [-0.4, -0.2) is 65.7 Å². The summed E-state index contributed by atoms with van der Waals surface area (Å²) in [6.45, 7) is 2.07. The lowest BCUT2D eigenvalue weighted by Gasteiger charge is -2.19. The molecule has 0 aromatic heterocycles. The summed E-state index contributed by atoms with van der Waals surface area (Å²) < 4.78 is 32.4. The van der Waals surface area contributed by atoms with Crippen molar-refractivity contribution in [3.8, 4) is 0 Å².